The predicted molar refractivity (Wildman–Crippen MR) is 61.7 cm³/mol. The molecule has 16 heavy (non-hydrogen) atoms. The summed E-state index contributed by atoms with van der Waals surface area (Å²) in [6.45, 7) is 1.83. The first-order valence-electron chi connectivity index (χ1n) is 4.93. The van der Waals surface area contributed by atoms with Gasteiger partial charge in [-0.3, -0.25) is 9.89 Å². The Morgan fingerprint density at radius 2 is 2.44 bits per heavy atom. The minimum Gasteiger partial charge on any atom is -0.345 e. The number of benzene rings is 1. The summed E-state index contributed by atoms with van der Waals surface area (Å²) in [5.41, 5.74) is 1.82. The van der Waals surface area contributed by atoms with Gasteiger partial charge in [0.1, 0.15) is 0 Å². The average molecular weight is 213 g/mol. The van der Waals surface area contributed by atoms with E-state index in [0.717, 1.165) is 16.5 Å². The van der Waals surface area contributed by atoms with Crippen LogP contribution in [-0.4, -0.2) is 22.6 Å². The zero-order valence-corrected chi connectivity index (χ0v) is 8.87. The Balaban J connectivity index is 2.20. The third-order valence-corrected chi connectivity index (χ3v) is 2.13. The van der Waals surface area contributed by atoms with Crippen LogP contribution in [0.25, 0.3) is 10.9 Å². The number of hydrogen-bond acceptors (Lipinski definition) is 2. The summed E-state index contributed by atoms with van der Waals surface area (Å²) < 4.78 is 0. The van der Waals surface area contributed by atoms with E-state index in [4.69, 9.17) is 0 Å². The molecule has 0 saturated heterocycles. The number of carbonyl (C=O) groups excluding carboxylic acids is 1. The molecule has 1 aromatic heterocycles. The van der Waals surface area contributed by atoms with Crippen molar-refractivity contribution < 1.29 is 4.79 Å². The molecule has 1 aromatic carbocycles. The van der Waals surface area contributed by atoms with Crippen LogP contribution in [0, 0.1) is 11.8 Å². The lowest BCUT2D eigenvalue weighted by Gasteiger charge is -1.93. The summed E-state index contributed by atoms with van der Waals surface area (Å²) in [4.78, 5) is 10.6. The van der Waals surface area contributed by atoms with Crippen LogP contribution in [0.4, 0.5) is 0 Å². The first kappa shape index (κ1) is 10.2. The van der Waals surface area contributed by atoms with Crippen molar-refractivity contribution in [1.82, 2.24) is 15.5 Å². The van der Waals surface area contributed by atoms with Gasteiger partial charge < -0.3 is 5.32 Å². The van der Waals surface area contributed by atoms with E-state index in [-0.39, 0.29) is 5.91 Å². The maximum absolute atomic E-state index is 10.6. The van der Waals surface area contributed by atoms with Crippen LogP contribution in [0.2, 0.25) is 0 Å². The lowest BCUT2D eigenvalue weighted by atomic mass is 10.1. The number of amides is 1. The molecule has 1 heterocycles. The molecule has 0 saturated carbocycles. The van der Waals surface area contributed by atoms with Gasteiger partial charge in [0, 0.05) is 12.3 Å². The molecule has 2 N–H and O–H groups in total. The van der Waals surface area contributed by atoms with E-state index in [1.165, 1.54) is 6.92 Å². The third kappa shape index (κ3) is 2.20. The van der Waals surface area contributed by atoms with Crippen molar-refractivity contribution >= 4 is 16.8 Å². The highest BCUT2D eigenvalue weighted by atomic mass is 16.1. The minimum atomic E-state index is -0.0750. The quantitative estimate of drug-likeness (QED) is 0.696. The molecule has 0 spiro atoms. The summed E-state index contributed by atoms with van der Waals surface area (Å²) in [7, 11) is 0. The number of hydrogen-bond donors (Lipinski definition) is 2. The van der Waals surface area contributed by atoms with Crippen molar-refractivity contribution in [2.45, 2.75) is 6.92 Å². The number of rotatable bonds is 1. The highest BCUT2D eigenvalue weighted by Gasteiger charge is 1.98. The maximum Gasteiger partial charge on any atom is 0.217 e. The fraction of sp³-hybridized carbons (Fsp3) is 0.167. The molecule has 80 valence electrons. The second-order valence-corrected chi connectivity index (χ2v) is 3.35. The molecule has 0 aliphatic heterocycles. The molecule has 4 heteroatoms. The number of aromatic nitrogens is 2. The average Bonchev–Trinajstić information content (AvgIpc) is 2.72. The summed E-state index contributed by atoms with van der Waals surface area (Å²) in [6.07, 6.45) is 1.76. The van der Waals surface area contributed by atoms with Crippen LogP contribution < -0.4 is 5.32 Å². The monoisotopic (exact) mass is 213 g/mol. The molecule has 1 amide bonds. The van der Waals surface area contributed by atoms with E-state index in [1.54, 1.807) is 6.20 Å². The first-order chi connectivity index (χ1) is 7.77. The fourth-order valence-corrected chi connectivity index (χ4v) is 1.38. The second kappa shape index (κ2) is 4.49. The summed E-state index contributed by atoms with van der Waals surface area (Å²) >= 11 is 0. The Kier molecular flexibility index (Phi) is 2.88. The highest BCUT2D eigenvalue weighted by molar-refractivity contribution is 5.83. The number of H-pyrrole nitrogens is 1. The predicted octanol–water partition coefficient (Wildman–Crippen LogP) is 1.05. The van der Waals surface area contributed by atoms with Crippen LogP contribution in [0.5, 0.6) is 0 Å². The van der Waals surface area contributed by atoms with Crippen molar-refractivity contribution in [3.8, 4) is 11.8 Å². The topological polar surface area (TPSA) is 57.8 Å². The van der Waals surface area contributed by atoms with Gasteiger partial charge in [-0.05, 0) is 6.07 Å². The van der Waals surface area contributed by atoms with E-state index in [9.17, 15) is 4.79 Å². The number of para-hydroxylation sites is 1. The van der Waals surface area contributed by atoms with Gasteiger partial charge >= 0.3 is 0 Å². The smallest absolute Gasteiger partial charge is 0.217 e. The molecule has 0 radical (unpaired) electrons. The van der Waals surface area contributed by atoms with Crippen molar-refractivity contribution in [2.75, 3.05) is 6.54 Å². The molecule has 0 aliphatic rings. The molecular formula is C12H11N3O. The molecular weight excluding hydrogens is 202 g/mol. The Morgan fingerprint density at radius 3 is 3.25 bits per heavy atom. The fourth-order valence-electron chi connectivity index (χ4n) is 1.38. The van der Waals surface area contributed by atoms with Gasteiger partial charge in [-0.1, -0.05) is 24.0 Å². The maximum atomic E-state index is 10.6. The Bertz CT molecular complexity index is 574. The molecule has 0 atom stereocenters. The van der Waals surface area contributed by atoms with Crippen molar-refractivity contribution in [3.05, 3.63) is 30.0 Å². The first-order valence-corrected chi connectivity index (χ1v) is 4.93. The number of nitrogens with zero attached hydrogens (tertiary/aromatic N) is 1. The Morgan fingerprint density at radius 1 is 1.56 bits per heavy atom. The van der Waals surface area contributed by atoms with Gasteiger partial charge in [-0.15, -0.1) is 0 Å². The molecule has 2 rings (SSSR count). The van der Waals surface area contributed by atoms with Gasteiger partial charge in [0.05, 0.1) is 23.8 Å². The zero-order chi connectivity index (χ0) is 11.4. The van der Waals surface area contributed by atoms with Gasteiger partial charge in [0.15, 0.2) is 0 Å². The van der Waals surface area contributed by atoms with E-state index < -0.39 is 0 Å². The van der Waals surface area contributed by atoms with Gasteiger partial charge in [-0.2, -0.15) is 5.10 Å². The Labute approximate surface area is 93.0 Å². The van der Waals surface area contributed by atoms with Crippen LogP contribution in [-0.2, 0) is 4.79 Å². The standard InChI is InChI=1S/C12H11N3O/c1-9(16)13-7-3-6-10-4-2-5-11-8-14-15-12(10)11/h2,4-5,8H,7H2,1H3,(H,13,16)(H,14,15). The van der Waals surface area contributed by atoms with E-state index >= 15 is 0 Å². The SMILES string of the molecule is CC(=O)NCC#Cc1cccc2cn[nH]c12. The normalized spacial score (nSPS) is 9.56. The van der Waals surface area contributed by atoms with E-state index in [0.29, 0.717) is 6.54 Å². The van der Waals surface area contributed by atoms with Crippen LogP contribution in [0.3, 0.4) is 0 Å². The number of aromatic amines is 1. The molecule has 4 nitrogen and oxygen atoms in total. The number of fused-ring (bicyclic) bond motifs is 1. The summed E-state index contributed by atoms with van der Waals surface area (Å²) in [5.74, 6) is 5.80. The zero-order valence-electron chi connectivity index (χ0n) is 8.87. The molecule has 2 aromatic rings. The van der Waals surface area contributed by atoms with Crippen molar-refractivity contribution in [1.29, 1.82) is 0 Å². The highest BCUT2D eigenvalue weighted by Crippen LogP contribution is 2.13. The van der Waals surface area contributed by atoms with Gasteiger partial charge in [0.2, 0.25) is 5.91 Å². The number of carbonyl (C=O) groups is 1. The summed E-state index contributed by atoms with van der Waals surface area (Å²) in [6, 6.07) is 5.82. The largest absolute Gasteiger partial charge is 0.345 e. The van der Waals surface area contributed by atoms with E-state index in [1.807, 2.05) is 18.2 Å². The number of nitrogens with one attached hydrogen (secondary N) is 2. The summed E-state index contributed by atoms with van der Waals surface area (Å²) in [5, 5.41) is 10.5. The molecule has 0 bridgehead atoms. The van der Waals surface area contributed by atoms with Gasteiger partial charge in [0.25, 0.3) is 0 Å². The second-order valence-electron chi connectivity index (χ2n) is 3.35. The minimum absolute atomic E-state index is 0.0750. The van der Waals surface area contributed by atoms with E-state index in [2.05, 4.69) is 27.4 Å². The Hall–Kier alpha value is -2.28. The van der Waals surface area contributed by atoms with Crippen LogP contribution in [0.15, 0.2) is 24.4 Å². The molecule has 0 aliphatic carbocycles. The van der Waals surface area contributed by atoms with Crippen LogP contribution in [0.1, 0.15) is 12.5 Å². The lowest BCUT2D eigenvalue weighted by molar-refractivity contribution is -0.118. The van der Waals surface area contributed by atoms with Crippen LogP contribution >= 0.6 is 0 Å². The van der Waals surface area contributed by atoms with Gasteiger partial charge in [-0.25, -0.2) is 0 Å². The third-order valence-electron chi connectivity index (χ3n) is 2.13. The van der Waals surface area contributed by atoms with Crippen molar-refractivity contribution in [3.63, 3.8) is 0 Å². The molecule has 0 fully saturated rings. The lowest BCUT2D eigenvalue weighted by Crippen LogP contribution is -2.19. The van der Waals surface area contributed by atoms with Crippen molar-refractivity contribution in [2.24, 2.45) is 0 Å². The molecule has 0 unspecified atom stereocenters.